The van der Waals surface area contributed by atoms with Gasteiger partial charge in [-0.2, -0.15) is 12.7 Å². The average molecular weight is 285 g/mol. The summed E-state index contributed by atoms with van der Waals surface area (Å²) in [7, 11) is -3.47. The van der Waals surface area contributed by atoms with Crippen LogP contribution in [0.25, 0.3) is 0 Å². The molecule has 5 nitrogen and oxygen atoms in total. The molecule has 0 bridgehead atoms. The van der Waals surface area contributed by atoms with Crippen molar-refractivity contribution in [1.82, 2.24) is 9.03 Å². The first-order valence-electron chi connectivity index (χ1n) is 6.44. The molecule has 0 aliphatic heterocycles. The number of rotatable bonds is 8. The number of nitrogens with one attached hydrogen (secondary N) is 1. The highest BCUT2D eigenvalue weighted by atomic mass is 32.2. The lowest BCUT2D eigenvalue weighted by atomic mass is 10.2. The van der Waals surface area contributed by atoms with Gasteiger partial charge in [0.2, 0.25) is 0 Å². The summed E-state index contributed by atoms with van der Waals surface area (Å²) in [5.41, 5.74) is 6.45. The Labute approximate surface area is 116 Å². The van der Waals surface area contributed by atoms with Crippen LogP contribution >= 0.6 is 0 Å². The molecule has 3 N–H and O–H groups in total. The Kier molecular flexibility index (Phi) is 6.44. The Morgan fingerprint density at radius 3 is 2.42 bits per heavy atom. The molecule has 19 heavy (non-hydrogen) atoms. The van der Waals surface area contributed by atoms with Crippen LogP contribution in [0.5, 0.6) is 0 Å². The molecule has 0 saturated heterocycles. The Balaban J connectivity index is 2.76. The van der Waals surface area contributed by atoms with Gasteiger partial charge in [-0.05, 0) is 11.5 Å². The molecule has 0 atom stereocenters. The van der Waals surface area contributed by atoms with E-state index in [0.717, 1.165) is 5.56 Å². The Morgan fingerprint density at radius 2 is 1.89 bits per heavy atom. The van der Waals surface area contributed by atoms with Gasteiger partial charge in [0.15, 0.2) is 0 Å². The van der Waals surface area contributed by atoms with Crippen LogP contribution < -0.4 is 10.5 Å². The van der Waals surface area contributed by atoms with E-state index in [1.807, 2.05) is 44.2 Å². The number of benzene rings is 1. The molecule has 1 rings (SSSR count). The molecular weight excluding hydrogens is 262 g/mol. The zero-order valence-electron chi connectivity index (χ0n) is 11.5. The quantitative estimate of drug-likeness (QED) is 0.746. The summed E-state index contributed by atoms with van der Waals surface area (Å²) < 4.78 is 28.4. The molecule has 0 fully saturated rings. The van der Waals surface area contributed by atoms with Crippen molar-refractivity contribution in [2.45, 2.75) is 20.4 Å². The fraction of sp³-hybridized carbons (Fsp3) is 0.538. The lowest BCUT2D eigenvalue weighted by Crippen LogP contribution is -2.43. The Morgan fingerprint density at radius 1 is 1.26 bits per heavy atom. The summed E-state index contributed by atoms with van der Waals surface area (Å²) in [6.07, 6.45) is 0. The highest BCUT2D eigenvalue weighted by molar-refractivity contribution is 7.87. The lowest BCUT2D eigenvalue weighted by molar-refractivity contribution is 0.402. The summed E-state index contributed by atoms with van der Waals surface area (Å²) in [6.45, 7) is 5.31. The van der Waals surface area contributed by atoms with Crippen molar-refractivity contribution in [3.63, 3.8) is 0 Å². The first kappa shape index (κ1) is 16.1. The van der Waals surface area contributed by atoms with Crippen LogP contribution in [0, 0.1) is 5.92 Å². The van der Waals surface area contributed by atoms with Gasteiger partial charge in [-0.25, -0.2) is 4.72 Å². The SMILES string of the molecule is CC(C)CNS(=O)(=O)N(CCN)Cc1ccccc1. The monoisotopic (exact) mass is 285 g/mol. The Hall–Kier alpha value is -0.950. The van der Waals surface area contributed by atoms with Crippen molar-refractivity contribution in [3.05, 3.63) is 35.9 Å². The minimum absolute atomic E-state index is 0.270. The van der Waals surface area contributed by atoms with E-state index < -0.39 is 10.2 Å². The molecule has 0 aliphatic carbocycles. The predicted molar refractivity (Wildman–Crippen MR) is 77.7 cm³/mol. The normalized spacial score (nSPS) is 12.3. The Bertz CT molecular complexity index is 460. The number of hydrogen-bond acceptors (Lipinski definition) is 3. The second-order valence-corrected chi connectivity index (χ2v) is 6.61. The number of nitrogens with two attached hydrogens (primary N) is 1. The number of hydrogen-bond donors (Lipinski definition) is 2. The highest BCUT2D eigenvalue weighted by Crippen LogP contribution is 2.08. The van der Waals surface area contributed by atoms with Crippen LogP contribution in [-0.2, 0) is 16.8 Å². The summed E-state index contributed by atoms with van der Waals surface area (Å²) in [4.78, 5) is 0. The molecule has 0 amide bonds. The molecule has 1 aromatic rings. The molecule has 0 aromatic heterocycles. The standard InChI is InChI=1S/C13H23N3O2S/c1-12(2)10-15-19(17,18)16(9-8-14)11-13-6-4-3-5-7-13/h3-7,12,15H,8-11,14H2,1-2H3. The summed E-state index contributed by atoms with van der Waals surface area (Å²) >= 11 is 0. The maximum Gasteiger partial charge on any atom is 0.279 e. The fourth-order valence-corrected chi connectivity index (χ4v) is 2.97. The van der Waals surface area contributed by atoms with Crippen LogP contribution in [0.3, 0.4) is 0 Å². The van der Waals surface area contributed by atoms with Gasteiger partial charge < -0.3 is 5.73 Å². The van der Waals surface area contributed by atoms with E-state index in [9.17, 15) is 8.42 Å². The van der Waals surface area contributed by atoms with Gasteiger partial charge in [-0.15, -0.1) is 0 Å². The fourth-order valence-electron chi connectivity index (χ4n) is 1.58. The molecule has 6 heteroatoms. The second kappa shape index (κ2) is 7.59. The van der Waals surface area contributed by atoms with Gasteiger partial charge in [0.1, 0.15) is 0 Å². The third-order valence-electron chi connectivity index (χ3n) is 2.59. The van der Waals surface area contributed by atoms with Crippen molar-refractivity contribution in [3.8, 4) is 0 Å². The van der Waals surface area contributed by atoms with Crippen LogP contribution in [-0.4, -0.2) is 32.4 Å². The van der Waals surface area contributed by atoms with Crippen molar-refractivity contribution in [2.24, 2.45) is 11.7 Å². The van der Waals surface area contributed by atoms with Gasteiger partial charge in [-0.1, -0.05) is 44.2 Å². The third-order valence-corrected chi connectivity index (χ3v) is 4.12. The second-order valence-electron chi connectivity index (χ2n) is 4.86. The smallest absolute Gasteiger partial charge is 0.279 e. The highest BCUT2D eigenvalue weighted by Gasteiger charge is 2.21. The summed E-state index contributed by atoms with van der Waals surface area (Å²) in [5, 5.41) is 0. The van der Waals surface area contributed by atoms with Gasteiger partial charge in [-0.3, -0.25) is 0 Å². The zero-order chi connectivity index (χ0) is 14.3. The van der Waals surface area contributed by atoms with E-state index in [-0.39, 0.29) is 5.92 Å². The minimum atomic E-state index is -3.47. The maximum absolute atomic E-state index is 12.2. The topological polar surface area (TPSA) is 75.4 Å². The molecule has 1 aromatic carbocycles. The van der Waals surface area contributed by atoms with E-state index in [1.54, 1.807) is 0 Å². The van der Waals surface area contributed by atoms with Gasteiger partial charge in [0.05, 0.1) is 0 Å². The van der Waals surface area contributed by atoms with Crippen molar-refractivity contribution in [1.29, 1.82) is 0 Å². The molecule has 0 spiro atoms. The number of nitrogens with zero attached hydrogens (tertiary/aromatic N) is 1. The molecule has 0 aliphatic rings. The van der Waals surface area contributed by atoms with Crippen molar-refractivity contribution >= 4 is 10.2 Å². The van der Waals surface area contributed by atoms with Crippen LogP contribution in [0.15, 0.2) is 30.3 Å². The first-order chi connectivity index (χ1) is 8.95. The van der Waals surface area contributed by atoms with E-state index in [1.165, 1.54) is 4.31 Å². The lowest BCUT2D eigenvalue weighted by Gasteiger charge is -2.22. The molecular formula is C13H23N3O2S. The minimum Gasteiger partial charge on any atom is -0.329 e. The largest absolute Gasteiger partial charge is 0.329 e. The molecule has 0 radical (unpaired) electrons. The van der Waals surface area contributed by atoms with Crippen molar-refractivity contribution < 1.29 is 8.42 Å². The van der Waals surface area contributed by atoms with Crippen LogP contribution in [0.1, 0.15) is 19.4 Å². The van der Waals surface area contributed by atoms with E-state index in [0.29, 0.717) is 26.2 Å². The van der Waals surface area contributed by atoms with E-state index >= 15 is 0 Å². The molecule has 108 valence electrons. The zero-order valence-corrected chi connectivity index (χ0v) is 12.4. The van der Waals surface area contributed by atoms with Crippen LogP contribution in [0.4, 0.5) is 0 Å². The van der Waals surface area contributed by atoms with E-state index in [4.69, 9.17) is 5.73 Å². The molecule has 0 unspecified atom stereocenters. The van der Waals surface area contributed by atoms with Crippen molar-refractivity contribution in [2.75, 3.05) is 19.6 Å². The van der Waals surface area contributed by atoms with E-state index in [2.05, 4.69) is 4.72 Å². The van der Waals surface area contributed by atoms with Gasteiger partial charge in [0.25, 0.3) is 10.2 Å². The maximum atomic E-state index is 12.2. The summed E-state index contributed by atoms with van der Waals surface area (Å²) in [6, 6.07) is 9.50. The predicted octanol–water partition coefficient (Wildman–Crippen LogP) is 0.938. The van der Waals surface area contributed by atoms with Crippen LogP contribution in [0.2, 0.25) is 0 Å². The van der Waals surface area contributed by atoms with Gasteiger partial charge in [0, 0.05) is 26.2 Å². The molecule has 0 saturated carbocycles. The average Bonchev–Trinajstić information content (AvgIpc) is 2.37. The first-order valence-corrected chi connectivity index (χ1v) is 7.88. The third kappa shape index (κ3) is 5.69. The summed E-state index contributed by atoms with van der Waals surface area (Å²) in [5.74, 6) is 0.270. The van der Waals surface area contributed by atoms with Gasteiger partial charge >= 0.3 is 0 Å². The molecule has 0 heterocycles.